The molecule has 1 fully saturated rings. The van der Waals surface area contributed by atoms with Gasteiger partial charge in [0.15, 0.2) is 0 Å². The highest BCUT2D eigenvalue weighted by Crippen LogP contribution is 2.18. The number of halogens is 1. The zero-order chi connectivity index (χ0) is 12.1. The Morgan fingerprint density at radius 2 is 2.41 bits per heavy atom. The molecule has 2 rings (SSSR count). The predicted octanol–water partition coefficient (Wildman–Crippen LogP) is 2.86. The SMILES string of the molecule is CC(NCC1CCOCO1)c1cccc(Br)c1. The standard InChI is InChI=1S/C13H18BrNO2/c1-10(11-3-2-4-12(14)7-11)15-8-13-5-6-16-9-17-13/h2-4,7,10,13,15H,5-6,8-9H2,1H3. The highest BCUT2D eigenvalue weighted by Gasteiger charge is 2.15. The summed E-state index contributed by atoms with van der Waals surface area (Å²) in [5.74, 6) is 0. The Morgan fingerprint density at radius 3 is 3.12 bits per heavy atom. The van der Waals surface area contributed by atoms with E-state index in [9.17, 15) is 0 Å². The van der Waals surface area contributed by atoms with Crippen LogP contribution in [0.3, 0.4) is 0 Å². The molecule has 0 aromatic heterocycles. The summed E-state index contributed by atoms with van der Waals surface area (Å²) in [6, 6.07) is 8.70. The van der Waals surface area contributed by atoms with Crippen LogP contribution in [0.15, 0.2) is 28.7 Å². The Balaban J connectivity index is 1.82. The number of hydrogen-bond donors (Lipinski definition) is 1. The Kier molecular flexibility index (Phi) is 4.98. The maximum atomic E-state index is 5.49. The monoisotopic (exact) mass is 299 g/mol. The minimum Gasteiger partial charge on any atom is -0.355 e. The lowest BCUT2D eigenvalue weighted by atomic mass is 10.1. The van der Waals surface area contributed by atoms with Gasteiger partial charge in [0.1, 0.15) is 6.79 Å². The molecule has 1 N–H and O–H groups in total. The molecule has 0 spiro atoms. The van der Waals surface area contributed by atoms with Gasteiger partial charge >= 0.3 is 0 Å². The van der Waals surface area contributed by atoms with Crippen LogP contribution in [0.5, 0.6) is 0 Å². The van der Waals surface area contributed by atoms with Gasteiger partial charge in [-0.1, -0.05) is 28.1 Å². The van der Waals surface area contributed by atoms with Gasteiger partial charge in [0.05, 0.1) is 12.7 Å². The van der Waals surface area contributed by atoms with E-state index in [1.54, 1.807) is 0 Å². The second-order valence-electron chi connectivity index (χ2n) is 4.29. The molecular formula is C13H18BrNO2. The Bertz CT molecular complexity index is 353. The van der Waals surface area contributed by atoms with Crippen LogP contribution in [0, 0.1) is 0 Å². The van der Waals surface area contributed by atoms with Gasteiger partial charge in [-0.25, -0.2) is 0 Å². The Morgan fingerprint density at radius 1 is 1.53 bits per heavy atom. The normalized spacial score (nSPS) is 22.4. The van der Waals surface area contributed by atoms with Crippen molar-refractivity contribution in [3.63, 3.8) is 0 Å². The Hall–Kier alpha value is -0.420. The second-order valence-corrected chi connectivity index (χ2v) is 5.20. The number of benzene rings is 1. The summed E-state index contributed by atoms with van der Waals surface area (Å²) in [7, 11) is 0. The van der Waals surface area contributed by atoms with Gasteiger partial charge in [0, 0.05) is 17.1 Å². The largest absolute Gasteiger partial charge is 0.355 e. The maximum Gasteiger partial charge on any atom is 0.147 e. The predicted molar refractivity (Wildman–Crippen MR) is 70.9 cm³/mol. The molecule has 0 saturated carbocycles. The number of rotatable bonds is 4. The van der Waals surface area contributed by atoms with Crippen LogP contribution in [0.2, 0.25) is 0 Å². The van der Waals surface area contributed by atoms with Crippen molar-refractivity contribution in [3.8, 4) is 0 Å². The summed E-state index contributed by atoms with van der Waals surface area (Å²) < 4.78 is 11.8. The van der Waals surface area contributed by atoms with Gasteiger partial charge in [-0.05, 0) is 31.0 Å². The molecule has 0 aliphatic carbocycles. The molecule has 4 heteroatoms. The minimum absolute atomic E-state index is 0.276. The first-order chi connectivity index (χ1) is 8.25. The van der Waals surface area contributed by atoms with Crippen LogP contribution in [-0.4, -0.2) is 26.0 Å². The van der Waals surface area contributed by atoms with E-state index in [2.05, 4.69) is 46.4 Å². The zero-order valence-electron chi connectivity index (χ0n) is 9.99. The van der Waals surface area contributed by atoms with Crippen molar-refractivity contribution in [2.24, 2.45) is 0 Å². The minimum atomic E-state index is 0.276. The summed E-state index contributed by atoms with van der Waals surface area (Å²) in [5.41, 5.74) is 1.28. The van der Waals surface area contributed by atoms with E-state index in [0.29, 0.717) is 12.8 Å². The summed E-state index contributed by atoms with van der Waals surface area (Å²) in [6.45, 7) is 4.27. The van der Waals surface area contributed by atoms with E-state index in [0.717, 1.165) is 24.0 Å². The van der Waals surface area contributed by atoms with Crippen molar-refractivity contribution in [1.82, 2.24) is 5.32 Å². The van der Waals surface area contributed by atoms with E-state index >= 15 is 0 Å². The van der Waals surface area contributed by atoms with Crippen molar-refractivity contribution < 1.29 is 9.47 Å². The van der Waals surface area contributed by atoms with E-state index < -0.39 is 0 Å². The lowest BCUT2D eigenvalue weighted by molar-refractivity contribution is -0.137. The Labute approximate surface area is 111 Å². The third-order valence-corrected chi connectivity index (χ3v) is 3.46. The number of hydrogen-bond acceptors (Lipinski definition) is 3. The molecule has 2 unspecified atom stereocenters. The fourth-order valence-electron chi connectivity index (χ4n) is 1.86. The molecular weight excluding hydrogens is 282 g/mol. The zero-order valence-corrected chi connectivity index (χ0v) is 11.6. The molecule has 3 nitrogen and oxygen atoms in total. The summed E-state index contributed by atoms with van der Waals surface area (Å²) in [5, 5.41) is 3.49. The molecule has 94 valence electrons. The summed E-state index contributed by atoms with van der Waals surface area (Å²) in [6.07, 6.45) is 1.25. The van der Waals surface area contributed by atoms with Crippen LogP contribution in [-0.2, 0) is 9.47 Å². The van der Waals surface area contributed by atoms with Crippen LogP contribution < -0.4 is 5.32 Å². The molecule has 1 aliphatic rings. The van der Waals surface area contributed by atoms with Gasteiger partial charge in [0.25, 0.3) is 0 Å². The van der Waals surface area contributed by atoms with Crippen molar-refractivity contribution >= 4 is 15.9 Å². The lowest BCUT2D eigenvalue weighted by Crippen LogP contribution is -2.35. The molecule has 2 atom stereocenters. The third-order valence-electron chi connectivity index (χ3n) is 2.97. The quantitative estimate of drug-likeness (QED) is 0.927. The molecule has 1 heterocycles. The average molecular weight is 300 g/mol. The van der Waals surface area contributed by atoms with Gasteiger partial charge in [-0.15, -0.1) is 0 Å². The first kappa shape index (κ1) is 13.0. The molecule has 0 radical (unpaired) electrons. The highest BCUT2D eigenvalue weighted by molar-refractivity contribution is 9.10. The van der Waals surface area contributed by atoms with Gasteiger partial charge in [-0.3, -0.25) is 0 Å². The van der Waals surface area contributed by atoms with E-state index in [4.69, 9.17) is 9.47 Å². The molecule has 1 aromatic rings. The lowest BCUT2D eigenvalue weighted by Gasteiger charge is -2.25. The number of nitrogens with one attached hydrogen (secondary N) is 1. The maximum absolute atomic E-state index is 5.49. The fraction of sp³-hybridized carbons (Fsp3) is 0.538. The van der Waals surface area contributed by atoms with Gasteiger partial charge in [-0.2, -0.15) is 0 Å². The van der Waals surface area contributed by atoms with Crippen molar-refractivity contribution in [3.05, 3.63) is 34.3 Å². The molecule has 1 saturated heterocycles. The van der Waals surface area contributed by atoms with Crippen LogP contribution in [0.25, 0.3) is 0 Å². The van der Waals surface area contributed by atoms with E-state index in [1.165, 1.54) is 5.56 Å². The molecule has 17 heavy (non-hydrogen) atoms. The van der Waals surface area contributed by atoms with Crippen LogP contribution >= 0.6 is 15.9 Å². The van der Waals surface area contributed by atoms with Gasteiger partial charge in [0.2, 0.25) is 0 Å². The fourth-order valence-corrected chi connectivity index (χ4v) is 2.28. The first-order valence-electron chi connectivity index (χ1n) is 5.94. The third kappa shape index (κ3) is 4.07. The van der Waals surface area contributed by atoms with E-state index in [1.807, 2.05) is 6.07 Å². The second kappa shape index (κ2) is 6.50. The topological polar surface area (TPSA) is 30.5 Å². The average Bonchev–Trinajstić information content (AvgIpc) is 2.37. The van der Waals surface area contributed by atoms with Crippen molar-refractivity contribution in [2.75, 3.05) is 19.9 Å². The number of ether oxygens (including phenoxy) is 2. The molecule has 1 aromatic carbocycles. The molecule has 1 aliphatic heterocycles. The van der Waals surface area contributed by atoms with Gasteiger partial charge < -0.3 is 14.8 Å². The van der Waals surface area contributed by atoms with Crippen LogP contribution in [0.4, 0.5) is 0 Å². The van der Waals surface area contributed by atoms with Crippen molar-refractivity contribution in [2.45, 2.75) is 25.5 Å². The van der Waals surface area contributed by atoms with E-state index in [-0.39, 0.29) is 6.10 Å². The first-order valence-corrected chi connectivity index (χ1v) is 6.73. The smallest absolute Gasteiger partial charge is 0.147 e. The summed E-state index contributed by atoms with van der Waals surface area (Å²) >= 11 is 3.49. The van der Waals surface area contributed by atoms with Crippen molar-refractivity contribution in [1.29, 1.82) is 0 Å². The summed E-state index contributed by atoms with van der Waals surface area (Å²) in [4.78, 5) is 0. The van der Waals surface area contributed by atoms with Crippen LogP contribution in [0.1, 0.15) is 24.9 Å². The molecule has 0 bridgehead atoms. The highest BCUT2D eigenvalue weighted by atomic mass is 79.9. The molecule has 0 amide bonds.